The van der Waals surface area contributed by atoms with Crippen molar-refractivity contribution in [3.05, 3.63) is 42.0 Å². The van der Waals surface area contributed by atoms with Gasteiger partial charge in [-0.05, 0) is 49.2 Å². The summed E-state index contributed by atoms with van der Waals surface area (Å²) in [5.41, 5.74) is 4.06. The molecule has 3 aromatic rings. The Morgan fingerprint density at radius 3 is 2.59 bits per heavy atom. The van der Waals surface area contributed by atoms with Crippen molar-refractivity contribution in [2.24, 2.45) is 7.05 Å². The number of aryl methyl sites for hydroxylation is 2. The quantitative estimate of drug-likeness (QED) is 0.607. The van der Waals surface area contributed by atoms with Gasteiger partial charge >= 0.3 is 6.36 Å². The Morgan fingerprint density at radius 1 is 1.15 bits per heavy atom. The molecule has 0 spiro atoms. The second-order valence-corrected chi connectivity index (χ2v) is 6.24. The Bertz CT molecular complexity index is 950. The van der Waals surface area contributed by atoms with Gasteiger partial charge < -0.3 is 19.9 Å². The lowest BCUT2D eigenvalue weighted by Crippen LogP contribution is -2.17. The molecule has 0 saturated carbocycles. The summed E-state index contributed by atoms with van der Waals surface area (Å²) >= 11 is 0. The number of para-hydroxylation sites is 1. The maximum atomic E-state index is 12.4. The Kier molecular flexibility index (Phi) is 5.16. The lowest BCUT2D eigenvalue weighted by Gasteiger charge is -2.13. The van der Waals surface area contributed by atoms with Gasteiger partial charge in [0.25, 0.3) is 0 Å². The van der Waals surface area contributed by atoms with Crippen molar-refractivity contribution in [1.82, 2.24) is 9.55 Å². The van der Waals surface area contributed by atoms with Crippen molar-refractivity contribution >= 4 is 28.4 Å². The molecule has 1 heterocycles. The van der Waals surface area contributed by atoms with E-state index in [1.54, 1.807) is 13.0 Å². The number of benzene rings is 2. The minimum absolute atomic E-state index is 0.249. The third-order valence-electron chi connectivity index (χ3n) is 4.14. The van der Waals surface area contributed by atoms with Gasteiger partial charge in [-0.3, -0.25) is 0 Å². The summed E-state index contributed by atoms with van der Waals surface area (Å²) in [6.45, 7) is 4.66. The number of alkyl halides is 3. The fourth-order valence-electron chi connectivity index (χ4n) is 2.88. The number of nitrogens with zero attached hydrogens (tertiary/aromatic N) is 2. The van der Waals surface area contributed by atoms with Gasteiger partial charge in [-0.2, -0.15) is 0 Å². The first-order chi connectivity index (χ1) is 12.8. The van der Waals surface area contributed by atoms with Gasteiger partial charge in [0.15, 0.2) is 0 Å². The number of aromatic nitrogens is 2. The van der Waals surface area contributed by atoms with Crippen molar-refractivity contribution in [3.63, 3.8) is 0 Å². The van der Waals surface area contributed by atoms with Crippen molar-refractivity contribution in [2.75, 3.05) is 17.2 Å². The fraction of sp³-hybridized carbons (Fsp3) is 0.316. The van der Waals surface area contributed by atoms with Crippen LogP contribution in [0.1, 0.15) is 18.9 Å². The van der Waals surface area contributed by atoms with Crippen molar-refractivity contribution in [3.8, 4) is 5.75 Å². The van der Waals surface area contributed by atoms with Crippen LogP contribution in [0.3, 0.4) is 0 Å². The Balaban J connectivity index is 1.90. The molecule has 0 aliphatic carbocycles. The average molecular weight is 378 g/mol. The zero-order valence-corrected chi connectivity index (χ0v) is 15.3. The van der Waals surface area contributed by atoms with Gasteiger partial charge in [-0.25, -0.2) is 4.98 Å². The highest BCUT2D eigenvalue weighted by Crippen LogP contribution is 2.31. The molecular formula is C19H21F3N4O. The van der Waals surface area contributed by atoms with E-state index >= 15 is 0 Å². The van der Waals surface area contributed by atoms with Gasteiger partial charge in [0.05, 0.1) is 16.7 Å². The fourth-order valence-corrected chi connectivity index (χ4v) is 2.88. The first-order valence-corrected chi connectivity index (χ1v) is 8.61. The van der Waals surface area contributed by atoms with Crippen LogP contribution >= 0.6 is 0 Å². The van der Waals surface area contributed by atoms with Crippen LogP contribution in [-0.2, 0) is 7.05 Å². The number of halogens is 3. The van der Waals surface area contributed by atoms with Crippen molar-refractivity contribution in [2.45, 2.75) is 26.6 Å². The van der Waals surface area contributed by atoms with Crippen molar-refractivity contribution < 1.29 is 17.9 Å². The minimum atomic E-state index is -4.71. The monoisotopic (exact) mass is 378 g/mol. The second-order valence-electron chi connectivity index (χ2n) is 6.24. The van der Waals surface area contributed by atoms with Gasteiger partial charge in [-0.15, -0.1) is 13.2 Å². The highest BCUT2D eigenvalue weighted by Gasteiger charge is 2.31. The number of ether oxygens (including phenoxy) is 1. The molecule has 0 unspecified atom stereocenters. The third kappa shape index (κ3) is 4.27. The van der Waals surface area contributed by atoms with E-state index in [0.717, 1.165) is 29.7 Å². The number of fused-ring (bicyclic) bond motifs is 1. The van der Waals surface area contributed by atoms with Crippen LogP contribution in [-0.4, -0.2) is 22.5 Å². The summed E-state index contributed by atoms with van der Waals surface area (Å²) in [7, 11) is 1.89. The van der Waals surface area contributed by atoms with E-state index in [1.807, 2.05) is 29.8 Å². The largest absolute Gasteiger partial charge is 0.573 e. The SMILES string of the molecule is CCCNc1cccc2nc(Nc3ccc(OC(F)(F)F)cc3C)n(C)c12. The molecule has 0 atom stereocenters. The van der Waals surface area contributed by atoms with E-state index in [0.29, 0.717) is 17.2 Å². The van der Waals surface area contributed by atoms with Gasteiger partial charge in [0.1, 0.15) is 5.75 Å². The number of nitrogens with one attached hydrogen (secondary N) is 2. The molecule has 0 amide bonds. The molecule has 0 fully saturated rings. The topological polar surface area (TPSA) is 51.1 Å². The molecule has 5 nitrogen and oxygen atoms in total. The Morgan fingerprint density at radius 2 is 1.93 bits per heavy atom. The molecule has 0 radical (unpaired) electrons. The zero-order chi connectivity index (χ0) is 19.6. The predicted molar refractivity (Wildman–Crippen MR) is 101 cm³/mol. The van der Waals surface area contributed by atoms with E-state index in [9.17, 15) is 13.2 Å². The molecule has 2 N–H and O–H groups in total. The van der Waals surface area contributed by atoms with E-state index in [-0.39, 0.29) is 5.75 Å². The molecule has 2 aromatic carbocycles. The highest BCUT2D eigenvalue weighted by atomic mass is 19.4. The number of rotatable bonds is 6. The summed E-state index contributed by atoms with van der Waals surface area (Å²) < 4.78 is 43.0. The molecule has 0 saturated heterocycles. The lowest BCUT2D eigenvalue weighted by atomic mass is 10.2. The molecule has 0 bridgehead atoms. The summed E-state index contributed by atoms with van der Waals surface area (Å²) in [4.78, 5) is 4.60. The van der Waals surface area contributed by atoms with Crippen LogP contribution in [0.15, 0.2) is 36.4 Å². The number of hydrogen-bond donors (Lipinski definition) is 2. The summed E-state index contributed by atoms with van der Waals surface area (Å²) in [6, 6.07) is 10.0. The summed E-state index contributed by atoms with van der Waals surface area (Å²) in [5.74, 6) is 0.352. The van der Waals surface area contributed by atoms with E-state index in [1.165, 1.54) is 12.1 Å². The van der Waals surface area contributed by atoms with Crippen molar-refractivity contribution in [1.29, 1.82) is 0 Å². The molecule has 0 aliphatic heterocycles. The van der Waals surface area contributed by atoms with Crippen LogP contribution in [0.25, 0.3) is 11.0 Å². The first kappa shape index (κ1) is 18.9. The highest BCUT2D eigenvalue weighted by molar-refractivity contribution is 5.91. The molecule has 144 valence electrons. The van der Waals surface area contributed by atoms with Crippen LogP contribution in [0.5, 0.6) is 5.75 Å². The number of anilines is 3. The van der Waals surface area contributed by atoms with Gasteiger partial charge in [0, 0.05) is 19.3 Å². The molecule has 0 aliphatic rings. The van der Waals surface area contributed by atoms with Crippen LogP contribution in [0, 0.1) is 6.92 Å². The number of hydrogen-bond acceptors (Lipinski definition) is 4. The van der Waals surface area contributed by atoms with Crippen LogP contribution in [0.2, 0.25) is 0 Å². The van der Waals surface area contributed by atoms with E-state index in [4.69, 9.17) is 0 Å². The first-order valence-electron chi connectivity index (χ1n) is 8.61. The number of imidazole rings is 1. The standard InChI is InChI=1S/C19H21F3N4O/c1-4-10-23-15-6-5-7-16-17(15)26(3)18(25-16)24-14-9-8-13(11-12(14)2)27-19(20,21)22/h5-9,11,23H,4,10H2,1-3H3,(H,24,25). The molecule has 8 heteroatoms. The van der Waals surface area contributed by atoms with Gasteiger partial charge in [0.2, 0.25) is 5.95 Å². The minimum Gasteiger partial charge on any atom is -0.406 e. The third-order valence-corrected chi connectivity index (χ3v) is 4.14. The summed E-state index contributed by atoms with van der Waals surface area (Å²) in [5, 5.41) is 6.57. The van der Waals surface area contributed by atoms with E-state index in [2.05, 4.69) is 27.3 Å². The normalized spacial score (nSPS) is 11.6. The second kappa shape index (κ2) is 7.38. The van der Waals surface area contributed by atoms with Gasteiger partial charge in [-0.1, -0.05) is 13.0 Å². The maximum Gasteiger partial charge on any atom is 0.573 e. The predicted octanol–water partition coefficient (Wildman–Crippen LogP) is 5.35. The maximum absolute atomic E-state index is 12.4. The molecule has 3 rings (SSSR count). The van der Waals surface area contributed by atoms with E-state index < -0.39 is 6.36 Å². The Labute approximate surface area is 155 Å². The average Bonchev–Trinajstić information content (AvgIpc) is 2.90. The van der Waals surface area contributed by atoms with Crippen LogP contribution in [0.4, 0.5) is 30.5 Å². The lowest BCUT2D eigenvalue weighted by molar-refractivity contribution is -0.274. The smallest absolute Gasteiger partial charge is 0.406 e. The zero-order valence-electron chi connectivity index (χ0n) is 15.3. The molecule has 27 heavy (non-hydrogen) atoms. The van der Waals surface area contributed by atoms with Crippen LogP contribution < -0.4 is 15.4 Å². The summed E-state index contributed by atoms with van der Waals surface area (Å²) in [6.07, 6.45) is -3.70. The Hall–Kier alpha value is -2.90. The molecular weight excluding hydrogens is 357 g/mol. The molecule has 1 aromatic heterocycles.